The molecular weight excluding hydrogens is 408 g/mol. The predicted molar refractivity (Wildman–Crippen MR) is 104 cm³/mol. The fourth-order valence-corrected chi connectivity index (χ4v) is 4.44. The second-order valence-corrected chi connectivity index (χ2v) is 7.67. The van der Waals surface area contributed by atoms with Crippen LogP contribution in [0.3, 0.4) is 0 Å². The van der Waals surface area contributed by atoms with Crippen molar-refractivity contribution < 1.29 is 19.4 Å². The lowest BCUT2D eigenvalue weighted by molar-refractivity contribution is -0.138. The minimum absolute atomic E-state index is 0.0731. The highest BCUT2D eigenvalue weighted by atomic mass is 79.9. The van der Waals surface area contributed by atoms with Gasteiger partial charge in [-0.1, -0.05) is 13.8 Å². The molecule has 2 rings (SSSR count). The molecule has 2 atom stereocenters. The third-order valence-electron chi connectivity index (χ3n) is 4.18. The zero-order valence-electron chi connectivity index (χ0n) is 14.8. The van der Waals surface area contributed by atoms with E-state index in [2.05, 4.69) is 40.0 Å². The lowest BCUT2D eigenvalue weighted by Crippen LogP contribution is -2.33. The number of methoxy groups -OCH3 is 1. The van der Waals surface area contributed by atoms with Crippen molar-refractivity contribution in [1.82, 2.24) is 10.2 Å². The van der Waals surface area contributed by atoms with Gasteiger partial charge in [-0.05, 0) is 46.7 Å². The van der Waals surface area contributed by atoms with Crippen molar-refractivity contribution in [3.05, 3.63) is 22.2 Å². The fraction of sp³-hybridized carbons (Fsp3) is 0.588. The largest absolute Gasteiger partial charge is 0.493 e. The van der Waals surface area contributed by atoms with Crippen molar-refractivity contribution in [2.75, 3.05) is 39.1 Å². The summed E-state index contributed by atoms with van der Waals surface area (Å²) in [6, 6.07) is 3.35. The summed E-state index contributed by atoms with van der Waals surface area (Å²) in [5, 5.41) is 12.2. The Hall–Kier alpha value is -0.960. The number of carboxylic acids is 1. The number of ether oxygens (including phenoxy) is 2. The molecule has 0 spiro atoms. The minimum Gasteiger partial charge on any atom is -0.493 e. The Bertz CT molecular complexity index is 598. The number of nitrogens with zero attached hydrogens (tertiary/aromatic N) is 1. The van der Waals surface area contributed by atoms with Crippen LogP contribution < -0.4 is 14.8 Å². The topological polar surface area (TPSA) is 71.0 Å². The molecule has 0 bridgehead atoms. The monoisotopic (exact) mass is 432 g/mol. The second kappa shape index (κ2) is 9.66. The molecular formula is C17H25BrN2O4S. The fourth-order valence-electron chi connectivity index (χ4n) is 2.65. The van der Waals surface area contributed by atoms with Crippen LogP contribution in [0.15, 0.2) is 16.6 Å². The average molecular weight is 433 g/mol. The predicted octanol–water partition coefficient (Wildman–Crippen LogP) is 2.97. The van der Waals surface area contributed by atoms with Crippen LogP contribution in [0.25, 0.3) is 0 Å². The van der Waals surface area contributed by atoms with E-state index in [1.165, 1.54) is 0 Å². The molecule has 0 aliphatic carbocycles. The Labute approximate surface area is 161 Å². The maximum Gasteiger partial charge on any atom is 0.321 e. The Morgan fingerprint density at radius 2 is 2.16 bits per heavy atom. The molecule has 0 amide bonds. The van der Waals surface area contributed by atoms with Crippen molar-refractivity contribution in [1.29, 1.82) is 0 Å². The molecule has 140 valence electrons. The summed E-state index contributed by atoms with van der Waals surface area (Å²) in [6.45, 7) is 7.67. The molecule has 0 saturated carbocycles. The van der Waals surface area contributed by atoms with Gasteiger partial charge in [0.05, 0.1) is 17.0 Å². The van der Waals surface area contributed by atoms with E-state index < -0.39 is 12.0 Å². The molecule has 0 radical (unpaired) electrons. The Balaban J connectivity index is 2.09. The van der Waals surface area contributed by atoms with Gasteiger partial charge < -0.3 is 19.5 Å². The summed E-state index contributed by atoms with van der Waals surface area (Å²) < 4.78 is 12.2. The van der Waals surface area contributed by atoms with Gasteiger partial charge in [0.15, 0.2) is 11.5 Å². The van der Waals surface area contributed by atoms with E-state index >= 15 is 0 Å². The standard InChI is InChI=1S/C17H25BrN2O4S/c1-4-20(5-2)6-7-24-15-12(18)8-11(9-14(15)23-3)16-19-13(10-25-16)17(21)22/h8-9,13,16,19H,4-7,10H2,1-3H3,(H,21,22). The number of benzene rings is 1. The minimum atomic E-state index is -0.822. The highest BCUT2D eigenvalue weighted by molar-refractivity contribution is 9.10. The number of hydrogen-bond donors (Lipinski definition) is 2. The molecule has 2 N–H and O–H groups in total. The van der Waals surface area contributed by atoms with Gasteiger partial charge in [0.1, 0.15) is 12.6 Å². The third-order valence-corrected chi connectivity index (χ3v) is 6.04. The molecule has 2 unspecified atom stereocenters. The van der Waals surface area contributed by atoms with Gasteiger partial charge in [-0.3, -0.25) is 10.1 Å². The van der Waals surface area contributed by atoms with Crippen molar-refractivity contribution in [2.45, 2.75) is 25.3 Å². The summed E-state index contributed by atoms with van der Waals surface area (Å²) in [5.74, 6) is 1.04. The van der Waals surface area contributed by atoms with Crippen molar-refractivity contribution >= 4 is 33.7 Å². The number of likely N-dealkylation sites (N-methyl/N-ethyl adjacent to an activating group) is 1. The van der Waals surface area contributed by atoms with Crippen LogP contribution >= 0.6 is 27.7 Å². The third kappa shape index (κ3) is 5.26. The van der Waals surface area contributed by atoms with E-state index in [-0.39, 0.29) is 5.37 Å². The summed E-state index contributed by atoms with van der Waals surface area (Å²) >= 11 is 5.14. The van der Waals surface area contributed by atoms with Crippen LogP contribution in [0.1, 0.15) is 24.8 Å². The molecule has 1 fully saturated rings. The number of hydrogen-bond acceptors (Lipinski definition) is 6. The second-order valence-electron chi connectivity index (χ2n) is 5.68. The van der Waals surface area contributed by atoms with Gasteiger partial charge in [0.25, 0.3) is 0 Å². The highest BCUT2D eigenvalue weighted by Gasteiger charge is 2.31. The molecule has 1 aliphatic heterocycles. The van der Waals surface area contributed by atoms with Gasteiger partial charge in [-0.2, -0.15) is 0 Å². The van der Waals surface area contributed by atoms with Crippen molar-refractivity contribution in [3.63, 3.8) is 0 Å². The van der Waals surface area contributed by atoms with E-state index in [0.717, 1.165) is 29.7 Å². The smallest absolute Gasteiger partial charge is 0.321 e. The number of carboxylic acid groups (broad SMARTS) is 1. The highest BCUT2D eigenvalue weighted by Crippen LogP contribution is 2.42. The number of halogens is 1. The van der Waals surface area contributed by atoms with Crippen LogP contribution in [0.5, 0.6) is 11.5 Å². The average Bonchev–Trinajstić information content (AvgIpc) is 3.10. The van der Waals surface area contributed by atoms with Gasteiger partial charge in [-0.25, -0.2) is 0 Å². The van der Waals surface area contributed by atoms with Gasteiger partial charge in [0.2, 0.25) is 0 Å². The quantitative estimate of drug-likeness (QED) is 0.621. The zero-order chi connectivity index (χ0) is 18.4. The first kappa shape index (κ1) is 20.4. The SMILES string of the molecule is CCN(CC)CCOc1c(Br)cc(C2NC(C(=O)O)CS2)cc1OC. The van der Waals surface area contributed by atoms with Crippen LogP contribution in [0.2, 0.25) is 0 Å². The molecule has 0 aromatic heterocycles. The molecule has 6 nitrogen and oxygen atoms in total. The van der Waals surface area contributed by atoms with E-state index in [4.69, 9.17) is 14.6 Å². The van der Waals surface area contributed by atoms with Crippen LogP contribution in [-0.4, -0.2) is 61.1 Å². The first-order valence-corrected chi connectivity index (χ1v) is 10.2. The maximum atomic E-state index is 11.1. The maximum absolute atomic E-state index is 11.1. The lowest BCUT2D eigenvalue weighted by Gasteiger charge is -2.20. The summed E-state index contributed by atoms with van der Waals surface area (Å²) in [4.78, 5) is 13.4. The van der Waals surface area contributed by atoms with Crippen LogP contribution in [-0.2, 0) is 4.79 Å². The normalized spacial score (nSPS) is 20.0. The molecule has 25 heavy (non-hydrogen) atoms. The van der Waals surface area contributed by atoms with Crippen molar-refractivity contribution in [2.24, 2.45) is 0 Å². The van der Waals surface area contributed by atoms with Gasteiger partial charge in [-0.15, -0.1) is 11.8 Å². The molecule has 1 aromatic carbocycles. The van der Waals surface area contributed by atoms with E-state index in [1.54, 1.807) is 18.9 Å². The molecule has 8 heteroatoms. The summed E-state index contributed by atoms with van der Waals surface area (Å²) in [7, 11) is 1.61. The van der Waals surface area contributed by atoms with Gasteiger partial charge >= 0.3 is 5.97 Å². The van der Waals surface area contributed by atoms with Crippen molar-refractivity contribution in [3.8, 4) is 11.5 Å². The lowest BCUT2D eigenvalue weighted by atomic mass is 10.2. The van der Waals surface area contributed by atoms with Crippen LogP contribution in [0.4, 0.5) is 0 Å². The number of nitrogens with one attached hydrogen (secondary N) is 1. The summed E-state index contributed by atoms with van der Waals surface area (Å²) in [6.07, 6.45) is 0. The number of carbonyl (C=O) groups is 1. The number of thioether (sulfide) groups is 1. The van der Waals surface area contributed by atoms with E-state index in [1.807, 2.05) is 12.1 Å². The molecule has 1 saturated heterocycles. The Kier molecular flexibility index (Phi) is 7.86. The Morgan fingerprint density at radius 1 is 1.44 bits per heavy atom. The first-order chi connectivity index (χ1) is 12.0. The van der Waals surface area contributed by atoms with E-state index in [0.29, 0.717) is 23.9 Å². The zero-order valence-corrected chi connectivity index (χ0v) is 17.2. The Morgan fingerprint density at radius 3 is 2.72 bits per heavy atom. The molecule has 1 aromatic rings. The molecule has 1 aliphatic rings. The number of rotatable bonds is 9. The number of aliphatic carboxylic acids is 1. The van der Waals surface area contributed by atoms with E-state index in [9.17, 15) is 4.79 Å². The van der Waals surface area contributed by atoms with Gasteiger partial charge in [0, 0.05) is 12.3 Å². The first-order valence-electron chi connectivity index (χ1n) is 8.33. The summed E-state index contributed by atoms with van der Waals surface area (Å²) in [5.41, 5.74) is 0.966. The molecule has 1 heterocycles. The van der Waals surface area contributed by atoms with Crippen LogP contribution in [0, 0.1) is 0 Å².